The normalized spacial score (nSPS) is 28.1. The van der Waals surface area contributed by atoms with Crippen LogP contribution in [-0.2, 0) is 0 Å². The van der Waals surface area contributed by atoms with Crippen LogP contribution >= 0.6 is 0 Å². The Labute approximate surface area is 118 Å². The van der Waals surface area contributed by atoms with E-state index in [1.54, 1.807) is 12.1 Å². The van der Waals surface area contributed by atoms with Crippen molar-refractivity contribution in [2.24, 2.45) is 5.92 Å². The molecule has 1 aromatic carbocycles. The predicted molar refractivity (Wildman–Crippen MR) is 75.1 cm³/mol. The van der Waals surface area contributed by atoms with Crippen LogP contribution in [0, 0.1) is 5.92 Å². The van der Waals surface area contributed by atoms with Gasteiger partial charge in [0.15, 0.2) is 0 Å². The van der Waals surface area contributed by atoms with E-state index in [1.807, 2.05) is 0 Å². The molecular weight excluding hydrogens is 256 g/mol. The van der Waals surface area contributed by atoms with E-state index in [4.69, 9.17) is 4.74 Å². The second-order valence-corrected chi connectivity index (χ2v) is 5.60. The highest BCUT2D eigenvalue weighted by atomic mass is 16.5. The van der Waals surface area contributed by atoms with Gasteiger partial charge in [-0.05, 0) is 44.0 Å². The number of rotatable bonds is 3. The van der Waals surface area contributed by atoms with Crippen LogP contribution in [0.5, 0.6) is 11.5 Å². The van der Waals surface area contributed by atoms with Crippen molar-refractivity contribution in [3.05, 3.63) is 23.8 Å². The molecule has 2 N–H and O–H groups in total. The van der Waals surface area contributed by atoms with Crippen molar-refractivity contribution in [3.63, 3.8) is 0 Å². The lowest BCUT2D eigenvalue weighted by molar-refractivity contribution is 0.0619. The third-order valence-corrected chi connectivity index (χ3v) is 4.42. The molecule has 0 saturated carbocycles. The molecule has 1 unspecified atom stereocenters. The Balaban J connectivity index is 1.70. The van der Waals surface area contributed by atoms with Crippen molar-refractivity contribution in [1.82, 2.24) is 10.2 Å². The van der Waals surface area contributed by atoms with Crippen molar-refractivity contribution in [3.8, 4) is 11.5 Å². The first kappa shape index (κ1) is 13.2. The van der Waals surface area contributed by atoms with Crippen molar-refractivity contribution < 1.29 is 14.6 Å². The van der Waals surface area contributed by atoms with Gasteiger partial charge < -0.3 is 20.1 Å². The number of methoxy groups -OCH3 is 1. The number of phenols is 1. The first-order valence-electron chi connectivity index (χ1n) is 7.07. The Morgan fingerprint density at radius 2 is 2.15 bits per heavy atom. The highest BCUT2D eigenvalue weighted by Crippen LogP contribution is 2.28. The topological polar surface area (TPSA) is 61.8 Å². The Morgan fingerprint density at radius 3 is 2.70 bits per heavy atom. The fourth-order valence-electron chi connectivity index (χ4n) is 3.21. The van der Waals surface area contributed by atoms with Crippen LogP contribution < -0.4 is 10.1 Å². The summed E-state index contributed by atoms with van der Waals surface area (Å²) in [7, 11) is 1.53. The van der Waals surface area contributed by atoms with E-state index in [0.29, 0.717) is 17.2 Å². The lowest BCUT2D eigenvalue weighted by Gasteiger charge is -2.44. The summed E-state index contributed by atoms with van der Waals surface area (Å²) in [5, 5.41) is 13.0. The maximum absolute atomic E-state index is 12.3. The Kier molecular flexibility index (Phi) is 3.53. The summed E-state index contributed by atoms with van der Waals surface area (Å²) in [4.78, 5) is 14.7. The summed E-state index contributed by atoms with van der Waals surface area (Å²) in [5.41, 5.74) is 0.308. The minimum Gasteiger partial charge on any atom is -0.507 e. The van der Waals surface area contributed by atoms with Crippen LogP contribution in [-0.4, -0.2) is 48.7 Å². The highest BCUT2D eigenvalue weighted by Gasteiger charge is 2.35. The molecule has 4 rings (SSSR count). The van der Waals surface area contributed by atoms with E-state index >= 15 is 0 Å². The number of fused-ring (bicyclic) bond motifs is 3. The molecule has 1 aromatic rings. The molecular formula is C15H20N2O3. The van der Waals surface area contributed by atoms with Gasteiger partial charge in [-0.3, -0.25) is 4.79 Å². The second kappa shape index (κ2) is 5.32. The van der Waals surface area contributed by atoms with E-state index < -0.39 is 0 Å². The molecule has 1 amide bonds. The molecule has 0 aliphatic carbocycles. The van der Waals surface area contributed by atoms with Gasteiger partial charge in [0.05, 0.1) is 12.7 Å². The second-order valence-electron chi connectivity index (χ2n) is 5.60. The first-order chi connectivity index (χ1) is 9.67. The monoisotopic (exact) mass is 276 g/mol. The molecule has 2 bridgehead atoms. The van der Waals surface area contributed by atoms with Gasteiger partial charge in [-0.25, -0.2) is 0 Å². The maximum atomic E-state index is 12.3. The van der Waals surface area contributed by atoms with Gasteiger partial charge in [0.1, 0.15) is 11.5 Å². The minimum absolute atomic E-state index is 0.0388. The molecule has 1 atom stereocenters. The summed E-state index contributed by atoms with van der Waals surface area (Å²) in [6.07, 6.45) is 2.30. The number of piperidine rings is 3. The zero-order valence-electron chi connectivity index (χ0n) is 11.6. The Hall–Kier alpha value is -1.75. The van der Waals surface area contributed by atoms with E-state index in [9.17, 15) is 9.90 Å². The van der Waals surface area contributed by atoms with E-state index in [1.165, 1.54) is 13.2 Å². The van der Waals surface area contributed by atoms with Gasteiger partial charge in [0.25, 0.3) is 5.91 Å². The summed E-state index contributed by atoms with van der Waals surface area (Å²) < 4.78 is 5.02. The van der Waals surface area contributed by atoms with Crippen molar-refractivity contribution in [1.29, 1.82) is 0 Å². The smallest absolute Gasteiger partial charge is 0.255 e. The third-order valence-electron chi connectivity index (χ3n) is 4.42. The fraction of sp³-hybridized carbons (Fsp3) is 0.533. The number of nitrogens with one attached hydrogen (secondary N) is 1. The van der Waals surface area contributed by atoms with Crippen molar-refractivity contribution in [2.45, 2.75) is 18.9 Å². The van der Waals surface area contributed by atoms with Crippen LogP contribution in [0.25, 0.3) is 0 Å². The number of amides is 1. The maximum Gasteiger partial charge on any atom is 0.255 e. The SMILES string of the molecule is COc1ccc(C(=O)NC2CN3CCC2CC3)c(O)c1. The number of nitrogens with zero attached hydrogens (tertiary/aromatic N) is 1. The van der Waals surface area contributed by atoms with Crippen molar-refractivity contribution >= 4 is 5.91 Å². The largest absolute Gasteiger partial charge is 0.507 e. The molecule has 0 spiro atoms. The standard InChI is InChI=1S/C15H20N2O3/c1-20-11-2-3-12(14(18)8-11)15(19)16-13-9-17-6-4-10(13)5-7-17/h2-3,8,10,13,18H,4-7,9H2,1H3,(H,16,19). The number of carbonyl (C=O) groups is 1. The molecule has 3 saturated heterocycles. The zero-order valence-corrected chi connectivity index (χ0v) is 11.6. The van der Waals surface area contributed by atoms with Crippen LogP contribution in [0.4, 0.5) is 0 Å². The minimum atomic E-state index is -0.205. The van der Waals surface area contributed by atoms with Crippen LogP contribution in [0.2, 0.25) is 0 Å². The Morgan fingerprint density at radius 1 is 1.40 bits per heavy atom. The van der Waals surface area contributed by atoms with Gasteiger partial charge in [-0.2, -0.15) is 0 Å². The summed E-state index contributed by atoms with van der Waals surface area (Å²) in [5.74, 6) is 0.873. The first-order valence-corrected chi connectivity index (χ1v) is 7.07. The van der Waals surface area contributed by atoms with Gasteiger partial charge in [0.2, 0.25) is 0 Å². The molecule has 0 aromatic heterocycles. The quantitative estimate of drug-likeness (QED) is 0.871. The number of carbonyl (C=O) groups excluding carboxylic acids is 1. The number of hydrogen-bond donors (Lipinski definition) is 2. The van der Waals surface area contributed by atoms with Crippen molar-refractivity contribution in [2.75, 3.05) is 26.7 Å². The average molecular weight is 276 g/mol. The average Bonchev–Trinajstić information content (AvgIpc) is 2.48. The molecule has 5 heteroatoms. The number of phenolic OH excluding ortho intramolecular Hbond substituents is 1. The molecule has 3 heterocycles. The van der Waals surface area contributed by atoms with Crippen LogP contribution in [0.3, 0.4) is 0 Å². The number of hydrogen-bond acceptors (Lipinski definition) is 4. The Bertz CT molecular complexity index is 510. The molecule has 20 heavy (non-hydrogen) atoms. The van der Waals surface area contributed by atoms with Gasteiger partial charge >= 0.3 is 0 Å². The molecule has 3 aliphatic rings. The molecule has 5 nitrogen and oxygen atoms in total. The van der Waals surface area contributed by atoms with Gasteiger partial charge in [-0.1, -0.05) is 0 Å². The molecule has 108 valence electrons. The molecule has 3 aliphatic heterocycles. The lowest BCUT2D eigenvalue weighted by Crippen LogP contribution is -2.57. The summed E-state index contributed by atoms with van der Waals surface area (Å²) in [6, 6.07) is 4.95. The molecule has 0 radical (unpaired) electrons. The van der Waals surface area contributed by atoms with Gasteiger partial charge in [0, 0.05) is 18.7 Å². The molecule has 3 fully saturated rings. The van der Waals surface area contributed by atoms with Gasteiger partial charge in [-0.15, -0.1) is 0 Å². The van der Waals surface area contributed by atoms with Crippen LogP contribution in [0.15, 0.2) is 18.2 Å². The summed E-state index contributed by atoms with van der Waals surface area (Å²) >= 11 is 0. The van der Waals surface area contributed by atoms with E-state index in [-0.39, 0.29) is 17.7 Å². The highest BCUT2D eigenvalue weighted by molar-refractivity contribution is 5.97. The zero-order chi connectivity index (χ0) is 14.1. The fourth-order valence-corrected chi connectivity index (χ4v) is 3.21. The van der Waals surface area contributed by atoms with E-state index in [2.05, 4.69) is 10.2 Å². The number of benzene rings is 1. The summed E-state index contributed by atoms with van der Waals surface area (Å²) in [6.45, 7) is 3.21. The van der Waals surface area contributed by atoms with E-state index in [0.717, 1.165) is 32.5 Å². The lowest BCUT2D eigenvalue weighted by atomic mass is 9.84. The third kappa shape index (κ3) is 2.45. The predicted octanol–water partition coefficient (Wildman–Crippen LogP) is 1.22. The van der Waals surface area contributed by atoms with Crippen LogP contribution in [0.1, 0.15) is 23.2 Å². The number of ether oxygens (including phenoxy) is 1. The number of aromatic hydroxyl groups is 1.